The third kappa shape index (κ3) is 3.76. The molecule has 0 aliphatic carbocycles. The van der Waals surface area contributed by atoms with Crippen molar-refractivity contribution in [1.29, 1.82) is 0 Å². The van der Waals surface area contributed by atoms with Gasteiger partial charge in [0.2, 0.25) is 0 Å². The van der Waals surface area contributed by atoms with Gasteiger partial charge in [-0.15, -0.1) is 0 Å². The first-order valence-electron chi connectivity index (χ1n) is 8.01. The number of carbonyl (C=O) groups excluding carboxylic acids is 1. The van der Waals surface area contributed by atoms with Crippen molar-refractivity contribution in [2.45, 2.75) is 47.1 Å². The van der Waals surface area contributed by atoms with Crippen LogP contribution in [0.5, 0.6) is 0 Å². The van der Waals surface area contributed by atoms with Crippen molar-refractivity contribution >= 4 is 5.91 Å². The van der Waals surface area contributed by atoms with Crippen LogP contribution in [0.1, 0.15) is 52.0 Å². The summed E-state index contributed by atoms with van der Waals surface area (Å²) in [5.41, 5.74) is 6.73. The zero-order chi connectivity index (χ0) is 16.1. The van der Waals surface area contributed by atoms with Crippen molar-refractivity contribution in [3.8, 4) is 0 Å². The number of hydrogen-bond acceptors (Lipinski definition) is 1. The van der Waals surface area contributed by atoms with E-state index in [4.69, 9.17) is 0 Å². The molecule has 0 saturated carbocycles. The second-order valence-electron chi connectivity index (χ2n) is 5.81. The lowest BCUT2D eigenvalue weighted by atomic mass is 10.0. The predicted molar refractivity (Wildman–Crippen MR) is 92.3 cm³/mol. The van der Waals surface area contributed by atoms with E-state index in [1.807, 2.05) is 32.0 Å². The minimum atomic E-state index is 0.00477. The maximum absolute atomic E-state index is 12.4. The number of nitrogens with one attached hydrogen (secondary N) is 1. The fourth-order valence-electron chi connectivity index (χ4n) is 2.66. The fourth-order valence-corrected chi connectivity index (χ4v) is 2.66. The van der Waals surface area contributed by atoms with E-state index >= 15 is 0 Å². The molecule has 1 N–H and O–H groups in total. The highest BCUT2D eigenvalue weighted by Crippen LogP contribution is 2.15. The van der Waals surface area contributed by atoms with E-state index in [1.54, 1.807) is 0 Å². The average molecular weight is 295 g/mol. The van der Waals surface area contributed by atoms with Crippen LogP contribution in [-0.4, -0.2) is 5.91 Å². The van der Waals surface area contributed by atoms with Crippen LogP contribution in [0.3, 0.4) is 0 Å². The number of aryl methyl sites for hydroxylation is 4. The van der Waals surface area contributed by atoms with Gasteiger partial charge >= 0.3 is 0 Å². The molecule has 2 aromatic rings. The Kier molecular flexibility index (Phi) is 5.37. The van der Waals surface area contributed by atoms with Gasteiger partial charge in [-0.1, -0.05) is 49.7 Å². The molecule has 0 unspecified atom stereocenters. The lowest BCUT2D eigenvalue weighted by molar-refractivity contribution is 0.0950. The Morgan fingerprint density at radius 3 is 2.41 bits per heavy atom. The Morgan fingerprint density at radius 1 is 0.955 bits per heavy atom. The molecule has 2 heteroatoms. The first-order chi connectivity index (χ1) is 10.5. The lowest BCUT2D eigenvalue weighted by Crippen LogP contribution is -2.24. The Bertz CT molecular complexity index is 673. The van der Waals surface area contributed by atoms with Gasteiger partial charge in [-0.25, -0.2) is 0 Å². The van der Waals surface area contributed by atoms with Crippen LogP contribution >= 0.6 is 0 Å². The summed E-state index contributed by atoms with van der Waals surface area (Å²) in [7, 11) is 0. The zero-order valence-electron chi connectivity index (χ0n) is 14.0. The predicted octanol–water partition coefficient (Wildman–Crippen LogP) is 4.36. The standard InChI is InChI=1S/C20H25NO/c1-5-16-9-10-17(6-2)18(12-16)13-21-20(22)19-11-14(3)7-8-15(19)4/h7-12H,5-6,13H2,1-4H3,(H,21,22). The number of amides is 1. The van der Waals surface area contributed by atoms with Crippen molar-refractivity contribution in [3.63, 3.8) is 0 Å². The molecular weight excluding hydrogens is 270 g/mol. The van der Waals surface area contributed by atoms with Crippen LogP contribution in [-0.2, 0) is 19.4 Å². The number of rotatable bonds is 5. The third-order valence-electron chi connectivity index (χ3n) is 4.14. The Morgan fingerprint density at radius 2 is 1.73 bits per heavy atom. The summed E-state index contributed by atoms with van der Waals surface area (Å²) >= 11 is 0. The smallest absolute Gasteiger partial charge is 0.251 e. The molecule has 0 heterocycles. The molecule has 0 saturated heterocycles. The maximum Gasteiger partial charge on any atom is 0.251 e. The van der Waals surface area contributed by atoms with Gasteiger partial charge in [0.15, 0.2) is 0 Å². The molecule has 1 amide bonds. The molecule has 2 rings (SSSR count). The third-order valence-corrected chi connectivity index (χ3v) is 4.14. The van der Waals surface area contributed by atoms with Gasteiger partial charge in [0, 0.05) is 12.1 Å². The molecule has 0 aliphatic heterocycles. The van der Waals surface area contributed by atoms with E-state index in [9.17, 15) is 4.79 Å². The molecule has 2 aromatic carbocycles. The van der Waals surface area contributed by atoms with E-state index in [-0.39, 0.29) is 5.91 Å². The molecule has 22 heavy (non-hydrogen) atoms. The van der Waals surface area contributed by atoms with Gasteiger partial charge < -0.3 is 5.32 Å². The number of benzene rings is 2. The van der Waals surface area contributed by atoms with Crippen LogP contribution in [0.2, 0.25) is 0 Å². The lowest BCUT2D eigenvalue weighted by Gasteiger charge is -2.12. The van der Waals surface area contributed by atoms with Crippen LogP contribution in [0.4, 0.5) is 0 Å². The van der Waals surface area contributed by atoms with Gasteiger partial charge in [-0.3, -0.25) is 4.79 Å². The molecule has 116 valence electrons. The Labute approximate surface area is 133 Å². The van der Waals surface area contributed by atoms with Gasteiger partial charge in [-0.2, -0.15) is 0 Å². The Balaban J connectivity index is 2.15. The van der Waals surface area contributed by atoms with Crippen LogP contribution in [0.15, 0.2) is 36.4 Å². The molecule has 0 aromatic heterocycles. The minimum Gasteiger partial charge on any atom is -0.348 e. The summed E-state index contributed by atoms with van der Waals surface area (Å²) in [6, 6.07) is 12.6. The first-order valence-corrected chi connectivity index (χ1v) is 8.01. The van der Waals surface area contributed by atoms with Gasteiger partial charge in [0.1, 0.15) is 0 Å². The average Bonchev–Trinajstić information content (AvgIpc) is 2.54. The highest BCUT2D eigenvalue weighted by atomic mass is 16.1. The van der Waals surface area contributed by atoms with Crippen LogP contribution in [0, 0.1) is 13.8 Å². The van der Waals surface area contributed by atoms with Crippen LogP contribution in [0.25, 0.3) is 0 Å². The monoisotopic (exact) mass is 295 g/mol. The van der Waals surface area contributed by atoms with Crippen molar-refractivity contribution in [2.24, 2.45) is 0 Å². The highest BCUT2D eigenvalue weighted by molar-refractivity contribution is 5.95. The summed E-state index contributed by atoms with van der Waals surface area (Å²) < 4.78 is 0. The molecule has 0 fully saturated rings. The van der Waals surface area contributed by atoms with Crippen molar-refractivity contribution < 1.29 is 4.79 Å². The SMILES string of the molecule is CCc1ccc(CC)c(CNC(=O)c2cc(C)ccc2C)c1. The topological polar surface area (TPSA) is 29.1 Å². The fraction of sp³-hybridized carbons (Fsp3) is 0.350. The van der Waals surface area contributed by atoms with E-state index < -0.39 is 0 Å². The van der Waals surface area contributed by atoms with Gasteiger partial charge in [0.05, 0.1) is 0 Å². The van der Waals surface area contributed by atoms with E-state index in [0.717, 1.165) is 29.5 Å². The summed E-state index contributed by atoms with van der Waals surface area (Å²) in [5, 5.41) is 3.07. The van der Waals surface area contributed by atoms with E-state index in [1.165, 1.54) is 16.7 Å². The van der Waals surface area contributed by atoms with E-state index in [0.29, 0.717) is 6.54 Å². The summed E-state index contributed by atoms with van der Waals surface area (Å²) in [6.07, 6.45) is 2.00. The molecular formula is C20H25NO. The summed E-state index contributed by atoms with van der Waals surface area (Å²) in [4.78, 5) is 12.4. The van der Waals surface area contributed by atoms with Gasteiger partial charge in [0.25, 0.3) is 5.91 Å². The highest BCUT2D eigenvalue weighted by Gasteiger charge is 2.10. The molecule has 0 aliphatic rings. The van der Waals surface area contributed by atoms with Crippen molar-refractivity contribution in [1.82, 2.24) is 5.32 Å². The van der Waals surface area contributed by atoms with Crippen LogP contribution < -0.4 is 5.32 Å². The largest absolute Gasteiger partial charge is 0.348 e. The summed E-state index contributed by atoms with van der Waals surface area (Å²) in [6.45, 7) is 8.87. The second kappa shape index (κ2) is 7.26. The number of hydrogen-bond donors (Lipinski definition) is 1. The second-order valence-corrected chi connectivity index (χ2v) is 5.81. The van der Waals surface area contributed by atoms with E-state index in [2.05, 4.69) is 37.4 Å². The molecule has 0 radical (unpaired) electrons. The molecule has 2 nitrogen and oxygen atoms in total. The molecule has 0 spiro atoms. The minimum absolute atomic E-state index is 0.00477. The Hall–Kier alpha value is -2.09. The number of carbonyl (C=O) groups is 1. The van der Waals surface area contributed by atoms with Crippen molar-refractivity contribution in [2.75, 3.05) is 0 Å². The van der Waals surface area contributed by atoms with Gasteiger partial charge in [-0.05, 0) is 55.0 Å². The van der Waals surface area contributed by atoms with Crippen molar-refractivity contribution in [3.05, 3.63) is 69.8 Å². The zero-order valence-corrected chi connectivity index (χ0v) is 14.0. The maximum atomic E-state index is 12.4. The first kappa shape index (κ1) is 16.3. The normalized spacial score (nSPS) is 10.5. The molecule has 0 bridgehead atoms. The molecule has 0 atom stereocenters. The summed E-state index contributed by atoms with van der Waals surface area (Å²) in [5.74, 6) is 0.00477. The quantitative estimate of drug-likeness (QED) is 0.872.